The summed E-state index contributed by atoms with van der Waals surface area (Å²) >= 11 is -4.88. The molecule has 4 nitrogen and oxygen atoms in total. The first-order valence-electron chi connectivity index (χ1n) is 2.07. The Morgan fingerprint density at radius 2 is 1.88 bits per heavy atom. The molecule has 0 unspecified atom stereocenters. The SMILES string of the molecule is CC(C)[O][Cr](=[O])(=[O])[OH]. The summed E-state index contributed by atoms with van der Waals surface area (Å²) in [7, 11) is 0. The van der Waals surface area contributed by atoms with Crippen molar-refractivity contribution in [1.82, 2.24) is 0 Å². The van der Waals surface area contributed by atoms with Crippen LogP contribution in [0, 0.1) is 0 Å². The van der Waals surface area contributed by atoms with Gasteiger partial charge in [-0.3, -0.25) is 0 Å². The van der Waals surface area contributed by atoms with Gasteiger partial charge >= 0.3 is 49.1 Å². The third-order valence-corrected chi connectivity index (χ3v) is 1.29. The second-order valence-corrected chi connectivity index (χ2v) is 3.21. The summed E-state index contributed by atoms with van der Waals surface area (Å²) in [5, 5.41) is 0. The third-order valence-electron chi connectivity index (χ3n) is 0.314. The molecule has 0 saturated carbocycles. The van der Waals surface area contributed by atoms with Gasteiger partial charge in [-0.2, -0.15) is 0 Å². The summed E-state index contributed by atoms with van der Waals surface area (Å²) < 4.78 is 31.7. The van der Waals surface area contributed by atoms with Crippen molar-refractivity contribution < 1.29 is 29.2 Å². The van der Waals surface area contributed by atoms with Crippen molar-refractivity contribution in [3.8, 4) is 0 Å². The van der Waals surface area contributed by atoms with E-state index in [2.05, 4.69) is 3.79 Å². The summed E-state index contributed by atoms with van der Waals surface area (Å²) in [5.41, 5.74) is 0. The van der Waals surface area contributed by atoms with Gasteiger partial charge in [0.2, 0.25) is 0 Å². The van der Waals surface area contributed by atoms with Crippen LogP contribution in [-0.4, -0.2) is 10.3 Å². The summed E-state index contributed by atoms with van der Waals surface area (Å²) in [6, 6.07) is 0. The maximum atomic E-state index is 9.85. The Bertz CT molecular complexity index is 145. The van der Waals surface area contributed by atoms with Gasteiger partial charge in [-0.05, 0) is 0 Å². The van der Waals surface area contributed by atoms with Crippen LogP contribution in [0.5, 0.6) is 0 Å². The van der Waals surface area contributed by atoms with Crippen LogP contribution in [0.3, 0.4) is 0 Å². The first-order chi connectivity index (χ1) is 3.42. The Kier molecular flexibility index (Phi) is 2.57. The standard InChI is InChI=1S/C3H7O.Cr.H2O.2O/c1-3(2)4;;;;/h3H,1-2H3;;1H2;;/q-1;+2;;;/p-1. The second kappa shape index (κ2) is 2.56. The van der Waals surface area contributed by atoms with Gasteiger partial charge in [0.05, 0.1) is 0 Å². The molecule has 8 heavy (non-hydrogen) atoms. The van der Waals surface area contributed by atoms with Gasteiger partial charge in [0.1, 0.15) is 0 Å². The molecule has 0 spiro atoms. The molecule has 5 heteroatoms. The molecule has 0 amide bonds. The van der Waals surface area contributed by atoms with Crippen molar-refractivity contribution >= 4 is 0 Å². The molecule has 0 aromatic rings. The van der Waals surface area contributed by atoms with E-state index in [0.717, 1.165) is 0 Å². The third kappa shape index (κ3) is 6.05. The van der Waals surface area contributed by atoms with Crippen molar-refractivity contribution in [2.45, 2.75) is 20.0 Å². The summed E-state index contributed by atoms with van der Waals surface area (Å²) in [5.74, 6) is 0. The van der Waals surface area contributed by atoms with Crippen LogP contribution in [0.15, 0.2) is 0 Å². The van der Waals surface area contributed by atoms with E-state index in [4.69, 9.17) is 4.16 Å². The topological polar surface area (TPSA) is 63.6 Å². The first-order valence-corrected chi connectivity index (χ1v) is 4.20. The average molecular weight is 160 g/mol. The zero-order valence-corrected chi connectivity index (χ0v) is 5.93. The van der Waals surface area contributed by atoms with Crippen LogP contribution in [0.1, 0.15) is 13.8 Å². The molecule has 0 bridgehead atoms. The minimum atomic E-state index is -4.88. The number of hydrogen-bond acceptors (Lipinski definition) is 3. The fourth-order valence-electron chi connectivity index (χ4n) is 0.243. The molecule has 0 atom stereocenters. The van der Waals surface area contributed by atoms with Gasteiger partial charge < -0.3 is 0 Å². The molecular formula is C3H8CrO4. The summed E-state index contributed by atoms with van der Waals surface area (Å²) in [4.78, 5) is 0. The quantitative estimate of drug-likeness (QED) is 0.621. The Hall–Kier alpha value is 0.0525. The normalized spacial score (nSPS) is 12.5. The second-order valence-electron chi connectivity index (χ2n) is 1.57. The monoisotopic (exact) mass is 160 g/mol. The van der Waals surface area contributed by atoms with Crippen molar-refractivity contribution in [2.24, 2.45) is 0 Å². The zero-order chi connectivity index (χ0) is 6.78. The van der Waals surface area contributed by atoms with Crippen LogP contribution < -0.4 is 0 Å². The van der Waals surface area contributed by atoms with Crippen molar-refractivity contribution in [1.29, 1.82) is 0 Å². The summed E-state index contributed by atoms with van der Waals surface area (Å²) in [6.45, 7) is 3.05. The molecule has 0 radical (unpaired) electrons. The van der Waals surface area contributed by atoms with E-state index in [9.17, 15) is 7.61 Å². The van der Waals surface area contributed by atoms with E-state index in [0.29, 0.717) is 0 Å². The molecule has 0 heterocycles. The molecule has 0 aliphatic rings. The van der Waals surface area contributed by atoms with Crippen LogP contribution >= 0.6 is 0 Å². The van der Waals surface area contributed by atoms with Gasteiger partial charge in [0, 0.05) is 0 Å². The molecule has 0 aromatic heterocycles. The molecule has 0 aliphatic heterocycles. The first kappa shape index (κ1) is 8.05. The van der Waals surface area contributed by atoms with Gasteiger partial charge in [-0.25, -0.2) is 0 Å². The molecule has 0 fully saturated rings. The van der Waals surface area contributed by atoms with E-state index >= 15 is 0 Å². The molecule has 0 rings (SSSR count). The molecule has 0 saturated heterocycles. The predicted octanol–water partition coefficient (Wildman–Crippen LogP) is 0.0786. The molecular weight excluding hydrogens is 152 g/mol. The average Bonchev–Trinajstić information content (AvgIpc) is 1.21. The Balaban J connectivity index is 3.75. The summed E-state index contributed by atoms with van der Waals surface area (Å²) in [6.07, 6.45) is -0.463. The van der Waals surface area contributed by atoms with E-state index in [1.807, 2.05) is 0 Å². The van der Waals surface area contributed by atoms with E-state index in [-0.39, 0.29) is 0 Å². The van der Waals surface area contributed by atoms with Crippen LogP contribution in [0.2, 0.25) is 0 Å². The van der Waals surface area contributed by atoms with E-state index < -0.39 is 19.7 Å². The van der Waals surface area contributed by atoms with Gasteiger partial charge in [-0.1, -0.05) is 0 Å². The van der Waals surface area contributed by atoms with Gasteiger partial charge in [0.15, 0.2) is 0 Å². The predicted molar refractivity (Wildman–Crippen MR) is 19.8 cm³/mol. The molecule has 1 N–H and O–H groups in total. The van der Waals surface area contributed by atoms with Crippen LogP contribution in [-0.2, 0) is 25.0 Å². The van der Waals surface area contributed by atoms with Crippen molar-refractivity contribution in [3.63, 3.8) is 0 Å². The Morgan fingerprint density at radius 3 is 1.88 bits per heavy atom. The van der Waals surface area contributed by atoms with Crippen molar-refractivity contribution in [2.75, 3.05) is 0 Å². The maximum absolute atomic E-state index is 9.85. The fraction of sp³-hybridized carbons (Fsp3) is 1.00. The Morgan fingerprint density at radius 1 is 1.50 bits per heavy atom. The fourth-order valence-corrected chi connectivity index (χ4v) is 1.00. The van der Waals surface area contributed by atoms with Crippen LogP contribution in [0.25, 0.3) is 0 Å². The minimum absolute atomic E-state index is 0.463. The van der Waals surface area contributed by atoms with E-state index in [1.54, 1.807) is 0 Å². The number of hydrogen-bond donors (Lipinski definition) is 1. The number of rotatable bonds is 2. The Labute approximate surface area is 49.9 Å². The van der Waals surface area contributed by atoms with Crippen LogP contribution in [0.4, 0.5) is 0 Å². The molecule has 50 valence electrons. The van der Waals surface area contributed by atoms with E-state index in [1.165, 1.54) is 13.8 Å². The van der Waals surface area contributed by atoms with Gasteiger partial charge in [-0.15, -0.1) is 0 Å². The van der Waals surface area contributed by atoms with Crippen molar-refractivity contribution in [3.05, 3.63) is 0 Å². The zero-order valence-electron chi connectivity index (χ0n) is 4.66. The molecule has 0 aromatic carbocycles. The van der Waals surface area contributed by atoms with Gasteiger partial charge in [0.25, 0.3) is 0 Å². The molecule has 0 aliphatic carbocycles.